The van der Waals surface area contributed by atoms with Gasteiger partial charge in [-0.15, -0.1) is 11.8 Å². The molecule has 1 aromatic rings. The minimum absolute atomic E-state index is 0.121. The van der Waals surface area contributed by atoms with E-state index in [0.29, 0.717) is 6.42 Å². The van der Waals surface area contributed by atoms with Crippen LogP contribution in [0.15, 0.2) is 66.8 Å². The number of anilines is 1. The number of hydrogen-bond donors (Lipinski definition) is 3. The molecule has 1 unspecified atom stereocenters. The van der Waals surface area contributed by atoms with Crippen LogP contribution >= 0.6 is 11.8 Å². The van der Waals surface area contributed by atoms with Crippen LogP contribution in [-0.4, -0.2) is 23.6 Å². The van der Waals surface area contributed by atoms with Crippen molar-refractivity contribution >= 4 is 23.4 Å². The van der Waals surface area contributed by atoms with Crippen LogP contribution in [0.25, 0.3) is 0 Å². The van der Waals surface area contributed by atoms with Crippen molar-refractivity contribution in [2.75, 3.05) is 17.1 Å². The second-order valence-corrected chi connectivity index (χ2v) is 7.48. The number of amides is 1. The van der Waals surface area contributed by atoms with Crippen molar-refractivity contribution in [2.24, 2.45) is 0 Å². The van der Waals surface area contributed by atoms with Gasteiger partial charge < -0.3 is 10.7 Å². The monoisotopic (exact) mass is 401 g/mol. The predicted octanol–water partition coefficient (Wildman–Crippen LogP) is 5.44. The molecule has 0 spiro atoms. The molecule has 0 fully saturated rings. The van der Waals surface area contributed by atoms with E-state index in [9.17, 15) is 4.79 Å². The summed E-state index contributed by atoms with van der Waals surface area (Å²) >= 11 is 1.71. The van der Waals surface area contributed by atoms with Gasteiger partial charge in [0.25, 0.3) is 0 Å². The third-order valence-electron chi connectivity index (χ3n) is 3.92. The fourth-order valence-corrected chi connectivity index (χ4v) is 3.13. The fraction of sp³-hybridized carbons (Fsp3) is 0.435. The molecule has 0 aliphatic rings. The van der Waals surface area contributed by atoms with E-state index in [1.165, 1.54) is 0 Å². The molecule has 0 radical (unpaired) electrons. The molecule has 0 aromatic heterocycles. The maximum atomic E-state index is 12.2. The summed E-state index contributed by atoms with van der Waals surface area (Å²) in [5.41, 5.74) is 7.32. The Balaban J connectivity index is 2.16. The SMILES string of the molecule is C/C=C\CC=CC/C=C/C(CCC)NC(=O)CCSCNNc1ccccc1. The third-order valence-corrected chi connectivity index (χ3v) is 4.76. The van der Waals surface area contributed by atoms with E-state index in [1.807, 2.05) is 37.3 Å². The largest absolute Gasteiger partial charge is 0.350 e. The maximum absolute atomic E-state index is 12.2. The summed E-state index contributed by atoms with van der Waals surface area (Å²) in [6, 6.07) is 10.1. The molecule has 1 amide bonds. The van der Waals surface area contributed by atoms with E-state index in [4.69, 9.17) is 0 Å². The summed E-state index contributed by atoms with van der Waals surface area (Å²) < 4.78 is 0. The number of carbonyl (C=O) groups is 1. The second kappa shape index (κ2) is 17.1. The van der Waals surface area contributed by atoms with Crippen LogP contribution in [0.2, 0.25) is 0 Å². The number of hydrazine groups is 1. The molecule has 3 N–H and O–H groups in total. The zero-order valence-corrected chi connectivity index (χ0v) is 18.0. The lowest BCUT2D eigenvalue weighted by molar-refractivity contribution is -0.121. The lowest BCUT2D eigenvalue weighted by Crippen LogP contribution is -2.33. The van der Waals surface area contributed by atoms with Crippen LogP contribution in [0.1, 0.15) is 46.0 Å². The van der Waals surface area contributed by atoms with Gasteiger partial charge in [0.15, 0.2) is 0 Å². The average Bonchev–Trinajstić information content (AvgIpc) is 2.70. The van der Waals surface area contributed by atoms with E-state index in [1.54, 1.807) is 11.8 Å². The molecule has 1 rings (SSSR count). The Labute approximate surface area is 174 Å². The molecule has 0 aliphatic carbocycles. The van der Waals surface area contributed by atoms with E-state index in [0.717, 1.165) is 43.0 Å². The molecule has 5 heteroatoms. The van der Waals surface area contributed by atoms with Gasteiger partial charge in [-0.3, -0.25) is 4.79 Å². The van der Waals surface area contributed by atoms with Gasteiger partial charge in [0.05, 0.1) is 5.88 Å². The summed E-state index contributed by atoms with van der Waals surface area (Å²) in [5, 5.41) is 3.14. The van der Waals surface area contributed by atoms with Gasteiger partial charge in [-0.25, -0.2) is 5.43 Å². The Morgan fingerprint density at radius 1 is 1.11 bits per heavy atom. The van der Waals surface area contributed by atoms with Gasteiger partial charge in [0.1, 0.15) is 0 Å². The molecular formula is C23H35N3OS. The van der Waals surface area contributed by atoms with Crippen molar-refractivity contribution in [1.29, 1.82) is 0 Å². The van der Waals surface area contributed by atoms with Crippen LogP contribution < -0.4 is 16.2 Å². The topological polar surface area (TPSA) is 53.2 Å². The second-order valence-electron chi connectivity index (χ2n) is 6.37. The van der Waals surface area contributed by atoms with Crippen molar-refractivity contribution < 1.29 is 4.79 Å². The van der Waals surface area contributed by atoms with E-state index in [-0.39, 0.29) is 11.9 Å². The maximum Gasteiger partial charge on any atom is 0.221 e. The lowest BCUT2D eigenvalue weighted by Gasteiger charge is -2.14. The van der Waals surface area contributed by atoms with E-state index in [2.05, 4.69) is 59.5 Å². The lowest BCUT2D eigenvalue weighted by atomic mass is 10.1. The highest BCUT2D eigenvalue weighted by molar-refractivity contribution is 7.99. The van der Waals surface area contributed by atoms with Crippen LogP contribution in [0.5, 0.6) is 0 Å². The number of nitrogens with one attached hydrogen (secondary N) is 3. The van der Waals surface area contributed by atoms with Crippen molar-refractivity contribution in [3.05, 3.63) is 66.8 Å². The highest BCUT2D eigenvalue weighted by Gasteiger charge is 2.08. The molecule has 0 saturated carbocycles. The highest BCUT2D eigenvalue weighted by atomic mass is 32.2. The number of rotatable bonds is 15. The number of hydrogen-bond acceptors (Lipinski definition) is 4. The van der Waals surface area contributed by atoms with E-state index >= 15 is 0 Å². The van der Waals surface area contributed by atoms with Gasteiger partial charge in [-0.1, -0.05) is 68.0 Å². The van der Waals surface area contributed by atoms with Gasteiger partial charge in [0, 0.05) is 23.9 Å². The first-order chi connectivity index (χ1) is 13.8. The zero-order chi connectivity index (χ0) is 20.3. The minimum Gasteiger partial charge on any atom is -0.350 e. The predicted molar refractivity (Wildman–Crippen MR) is 124 cm³/mol. The van der Waals surface area contributed by atoms with Gasteiger partial charge >= 0.3 is 0 Å². The van der Waals surface area contributed by atoms with Crippen LogP contribution in [0, 0.1) is 0 Å². The quantitative estimate of drug-likeness (QED) is 0.159. The summed E-state index contributed by atoms with van der Waals surface area (Å²) in [7, 11) is 0. The molecule has 154 valence electrons. The number of allylic oxidation sites excluding steroid dienone is 5. The first kappa shape index (κ1) is 24.1. The Bertz CT molecular complexity index is 599. The Hall–Kier alpha value is -1.98. The fourth-order valence-electron chi connectivity index (χ4n) is 2.48. The Morgan fingerprint density at radius 3 is 2.57 bits per heavy atom. The van der Waals surface area contributed by atoms with Gasteiger partial charge in [0.2, 0.25) is 5.91 Å². The smallest absolute Gasteiger partial charge is 0.221 e. The third kappa shape index (κ3) is 13.2. The standard InChI is InChI=1S/C23H35N3OS/c1-3-5-6-7-8-9-11-15-21(14-4-2)25-23(27)18-19-28-20-24-26-22-16-12-10-13-17-22/h3,5,7-8,10-13,15-17,21,24,26H,4,6,9,14,18-20H2,1-2H3,(H,25,27)/b5-3-,8-7?,15-11+. The Kier molecular flexibility index (Phi) is 14.7. The molecular weight excluding hydrogens is 366 g/mol. The zero-order valence-electron chi connectivity index (χ0n) is 17.2. The first-order valence-electron chi connectivity index (χ1n) is 10.1. The highest BCUT2D eigenvalue weighted by Crippen LogP contribution is 2.06. The van der Waals surface area contributed by atoms with Crippen molar-refractivity contribution in [3.63, 3.8) is 0 Å². The first-order valence-corrected chi connectivity index (χ1v) is 11.3. The molecule has 28 heavy (non-hydrogen) atoms. The van der Waals surface area contributed by atoms with Crippen molar-refractivity contribution in [2.45, 2.75) is 52.0 Å². The summed E-state index contributed by atoms with van der Waals surface area (Å²) in [6.45, 7) is 4.17. The number of carbonyl (C=O) groups excluding carboxylic acids is 1. The molecule has 0 bridgehead atoms. The molecule has 0 saturated heterocycles. The van der Waals surface area contributed by atoms with Crippen LogP contribution in [-0.2, 0) is 4.79 Å². The van der Waals surface area contributed by atoms with Gasteiger partial charge in [-0.05, 0) is 38.3 Å². The molecule has 0 aliphatic heterocycles. The molecule has 1 aromatic carbocycles. The van der Waals surface area contributed by atoms with E-state index < -0.39 is 0 Å². The summed E-state index contributed by atoms with van der Waals surface area (Å²) in [5.74, 6) is 1.67. The summed E-state index contributed by atoms with van der Waals surface area (Å²) in [4.78, 5) is 12.2. The summed E-state index contributed by atoms with van der Waals surface area (Å²) in [6.07, 6.45) is 17.2. The van der Waals surface area contributed by atoms with Crippen LogP contribution in [0.3, 0.4) is 0 Å². The molecule has 4 nitrogen and oxygen atoms in total. The molecule has 0 heterocycles. The molecule has 1 atom stereocenters. The van der Waals surface area contributed by atoms with Crippen molar-refractivity contribution in [1.82, 2.24) is 10.7 Å². The average molecular weight is 402 g/mol. The number of para-hydroxylation sites is 1. The minimum atomic E-state index is 0.121. The number of benzene rings is 1. The van der Waals surface area contributed by atoms with Gasteiger partial charge in [-0.2, -0.15) is 0 Å². The number of thioether (sulfide) groups is 1. The Morgan fingerprint density at radius 2 is 1.86 bits per heavy atom. The van der Waals surface area contributed by atoms with Crippen molar-refractivity contribution in [3.8, 4) is 0 Å². The normalized spacial score (nSPS) is 12.8. The van der Waals surface area contributed by atoms with Crippen LogP contribution in [0.4, 0.5) is 5.69 Å².